The highest BCUT2D eigenvalue weighted by atomic mass is 32.2. The molecule has 0 heterocycles. The van der Waals surface area contributed by atoms with Crippen LogP contribution in [0.1, 0.15) is 19.8 Å². The van der Waals surface area contributed by atoms with Crippen LogP contribution in [0.5, 0.6) is 0 Å². The highest BCUT2D eigenvalue weighted by Crippen LogP contribution is 2.42. The van der Waals surface area contributed by atoms with Crippen molar-refractivity contribution in [2.45, 2.75) is 36.7 Å². The maximum Gasteiger partial charge on any atom is 0.471 e. The van der Waals surface area contributed by atoms with Crippen LogP contribution in [0.25, 0.3) is 0 Å². The molecule has 0 aromatic rings. The molecule has 0 spiro atoms. The van der Waals surface area contributed by atoms with Crippen molar-refractivity contribution in [1.82, 2.24) is 5.32 Å². The first kappa shape index (κ1) is 15.1. The van der Waals surface area contributed by atoms with E-state index in [4.69, 9.17) is 0 Å². The van der Waals surface area contributed by atoms with Crippen molar-refractivity contribution in [1.29, 1.82) is 0 Å². The Balaban J connectivity index is 2.87. The zero-order chi connectivity index (χ0) is 14.0. The average molecular weight is 285 g/mol. The molecule has 0 radical (unpaired) electrons. The summed E-state index contributed by atoms with van der Waals surface area (Å²) >= 11 is 1.34. The molecule has 1 amide bonds. The zero-order valence-electron chi connectivity index (χ0n) is 9.97. The van der Waals surface area contributed by atoms with Crippen molar-refractivity contribution in [2.75, 3.05) is 12.9 Å². The average Bonchev–Trinajstić information content (AvgIpc) is 2.28. The van der Waals surface area contributed by atoms with Gasteiger partial charge in [-0.05, 0) is 18.6 Å². The quantitative estimate of drug-likeness (QED) is 0.795. The molecule has 1 aliphatic rings. The number of hydrogen-bond donors (Lipinski definition) is 1. The van der Waals surface area contributed by atoms with Gasteiger partial charge in [-0.2, -0.15) is 24.9 Å². The third-order valence-electron chi connectivity index (χ3n) is 2.86. The normalized spacial score (nSPS) is 27.3. The summed E-state index contributed by atoms with van der Waals surface area (Å²) in [7, 11) is 1.09. The van der Waals surface area contributed by atoms with Gasteiger partial charge in [-0.25, -0.2) is 4.79 Å². The van der Waals surface area contributed by atoms with Gasteiger partial charge < -0.3 is 10.1 Å². The largest absolute Gasteiger partial charge is 0.471 e. The minimum Gasteiger partial charge on any atom is -0.467 e. The van der Waals surface area contributed by atoms with Crippen LogP contribution in [0.4, 0.5) is 13.2 Å². The number of ether oxygens (including phenoxy) is 1. The predicted molar refractivity (Wildman–Crippen MR) is 60.1 cm³/mol. The molecule has 2 atom stereocenters. The number of alkyl halides is 3. The van der Waals surface area contributed by atoms with Crippen molar-refractivity contribution in [2.24, 2.45) is 0 Å². The van der Waals surface area contributed by atoms with E-state index in [2.05, 4.69) is 4.74 Å². The first-order valence-corrected chi connectivity index (χ1v) is 6.42. The molecule has 4 nitrogen and oxygen atoms in total. The van der Waals surface area contributed by atoms with Gasteiger partial charge in [-0.3, -0.25) is 4.79 Å². The minimum absolute atomic E-state index is 0.166. The Morgan fingerprint density at radius 1 is 1.50 bits per heavy atom. The topological polar surface area (TPSA) is 55.4 Å². The van der Waals surface area contributed by atoms with Crippen LogP contribution in [0.15, 0.2) is 0 Å². The van der Waals surface area contributed by atoms with Crippen molar-refractivity contribution in [3.63, 3.8) is 0 Å². The third-order valence-corrected chi connectivity index (χ3v) is 4.24. The second kappa shape index (κ2) is 5.38. The predicted octanol–water partition coefficient (Wildman–Crippen LogP) is 1.49. The Bertz CT molecular complexity index is 348. The highest BCUT2D eigenvalue weighted by molar-refractivity contribution is 8.00. The molecular formula is C10H14F3NO3S. The van der Waals surface area contributed by atoms with E-state index < -0.39 is 23.6 Å². The summed E-state index contributed by atoms with van der Waals surface area (Å²) in [5.74, 6) is -2.28. The first-order valence-electron chi connectivity index (χ1n) is 5.37. The fourth-order valence-electron chi connectivity index (χ4n) is 1.86. The van der Waals surface area contributed by atoms with Crippen molar-refractivity contribution in [3.05, 3.63) is 0 Å². The molecule has 1 aliphatic carbocycles. The lowest BCUT2D eigenvalue weighted by Gasteiger charge is -2.46. The van der Waals surface area contributed by atoms with Crippen LogP contribution in [-0.4, -0.2) is 41.7 Å². The number of nitrogens with one attached hydrogen (secondary N) is 1. The summed E-state index contributed by atoms with van der Waals surface area (Å²) in [4.78, 5) is 22.6. The van der Waals surface area contributed by atoms with Crippen LogP contribution in [-0.2, 0) is 14.3 Å². The second-order valence-electron chi connectivity index (χ2n) is 3.90. The summed E-state index contributed by atoms with van der Waals surface area (Å²) in [5, 5.41) is 1.42. The number of thioether (sulfide) groups is 1. The molecule has 0 bridgehead atoms. The van der Waals surface area contributed by atoms with Gasteiger partial charge in [0.15, 0.2) is 0 Å². The van der Waals surface area contributed by atoms with Crippen LogP contribution >= 0.6 is 11.8 Å². The maximum atomic E-state index is 12.2. The lowest BCUT2D eigenvalue weighted by molar-refractivity contribution is -0.179. The molecule has 0 saturated heterocycles. The Morgan fingerprint density at radius 3 is 2.44 bits per heavy atom. The fraction of sp³-hybridized carbons (Fsp3) is 0.800. The number of rotatable bonds is 4. The number of halogens is 3. The van der Waals surface area contributed by atoms with E-state index in [0.29, 0.717) is 12.2 Å². The Kier molecular flexibility index (Phi) is 4.52. The third kappa shape index (κ3) is 2.73. The maximum absolute atomic E-state index is 12.2. The molecule has 0 aliphatic heterocycles. The van der Waals surface area contributed by atoms with Crippen molar-refractivity contribution >= 4 is 23.6 Å². The standard InChI is InChI=1S/C10H14F3NO3S/c1-3-18-6-4-5-9(6,8(16)17-2)14-7(15)10(11,12)13/h6H,3-5H2,1-2H3,(H,14,15)/t6-,9+/m1/s1. The summed E-state index contributed by atoms with van der Waals surface area (Å²) in [6.07, 6.45) is -4.26. The van der Waals surface area contributed by atoms with Crippen molar-refractivity contribution in [3.8, 4) is 0 Å². The lowest BCUT2D eigenvalue weighted by atomic mass is 9.76. The molecule has 1 rings (SSSR count). The van der Waals surface area contributed by atoms with Gasteiger partial charge in [0, 0.05) is 5.25 Å². The number of amides is 1. The van der Waals surface area contributed by atoms with Crippen LogP contribution < -0.4 is 5.32 Å². The van der Waals surface area contributed by atoms with E-state index in [-0.39, 0.29) is 11.7 Å². The molecule has 18 heavy (non-hydrogen) atoms. The number of hydrogen-bond acceptors (Lipinski definition) is 4. The van der Waals surface area contributed by atoms with Crippen LogP contribution in [0, 0.1) is 0 Å². The minimum atomic E-state index is -5.00. The van der Waals surface area contributed by atoms with Gasteiger partial charge >= 0.3 is 18.1 Å². The first-order chi connectivity index (χ1) is 8.28. The number of methoxy groups -OCH3 is 1. The van der Waals surface area contributed by atoms with Gasteiger partial charge in [0.1, 0.15) is 5.54 Å². The monoisotopic (exact) mass is 285 g/mol. The van der Waals surface area contributed by atoms with E-state index in [1.807, 2.05) is 6.92 Å². The molecule has 1 N–H and O–H groups in total. The Morgan fingerprint density at radius 2 is 2.11 bits per heavy atom. The smallest absolute Gasteiger partial charge is 0.467 e. The van der Waals surface area contributed by atoms with Gasteiger partial charge in [0.05, 0.1) is 7.11 Å². The van der Waals surface area contributed by atoms with E-state index in [1.54, 1.807) is 5.32 Å². The van der Waals surface area contributed by atoms with E-state index in [1.165, 1.54) is 11.8 Å². The summed E-state index contributed by atoms with van der Waals surface area (Å²) in [6, 6.07) is 0. The summed E-state index contributed by atoms with van der Waals surface area (Å²) in [5.41, 5.74) is -1.54. The highest BCUT2D eigenvalue weighted by Gasteiger charge is 2.57. The molecule has 0 aromatic heterocycles. The molecule has 0 aromatic carbocycles. The SMILES string of the molecule is CCS[C@@H]1CC[C@@]1(NC(=O)C(F)(F)F)C(=O)OC. The van der Waals surface area contributed by atoms with Gasteiger partial charge in [0.25, 0.3) is 0 Å². The van der Waals surface area contributed by atoms with Crippen LogP contribution in [0.3, 0.4) is 0 Å². The summed E-state index contributed by atoms with van der Waals surface area (Å²) < 4.78 is 41.3. The fourth-order valence-corrected chi connectivity index (χ4v) is 3.11. The van der Waals surface area contributed by atoms with Gasteiger partial charge in [0.2, 0.25) is 0 Å². The van der Waals surface area contributed by atoms with E-state index in [9.17, 15) is 22.8 Å². The van der Waals surface area contributed by atoms with E-state index >= 15 is 0 Å². The second-order valence-corrected chi connectivity index (χ2v) is 5.38. The molecule has 0 unspecified atom stereocenters. The van der Waals surface area contributed by atoms with Gasteiger partial charge in [-0.1, -0.05) is 6.92 Å². The molecule has 8 heteroatoms. The lowest BCUT2D eigenvalue weighted by Crippen LogP contribution is -2.68. The molecule has 104 valence electrons. The van der Waals surface area contributed by atoms with Gasteiger partial charge in [-0.15, -0.1) is 0 Å². The Hall–Kier alpha value is -0.920. The summed E-state index contributed by atoms with van der Waals surface area (Å²) in [6.45, 7) is 1.83. The molecule has 1 fully saturated rings. The molecule has 1 saturated carbocycles. The number of carbonyl (C=O) groups is 2. The Labute approximate surface area is 107 Å². The van der Waals surface area contributed by atoms with Crippen LogP contribution in [0.2, 0.25) is 0 Å². The zero-order valence-corrected chi connectivity index (χ0v) is 10.8. The molecular weight excluding hydrogens is 271 g/mol. The van der Waals surface area contributed by atoms with Crippen molar-refractivity contribution < 1.29 is 27.5 Å². The number of esters is 1. The van der Waals surface area contributed by atoms with E-state index in [0.717, 1.165) is 7.11 Å². The number of carbonyl (C=O) groups excluding carboxylic acids is 2.